The molecule has 16 heavy (non-hydrogen) atoms. The number of aliphatic hydroxyl groups is 1. The Bertz CT molecular complexity index is 497. The lowest BCUT2D eigenvalue weighted by Crippen LogP contribution is -2.15. The zero-order valence-corrected chi connectivity index (χ0v) is 9.98. The number of nitrogen functional groups attached to an aromatic ring is 1. The van der Waals surface area contributed by atoms with Gasteiger partial charge < -0.3 is 15.2 Å². The van der Waals surface area contributed by atoms with E-state index in [1.807, 2.05) is 17.5 Å². The maximum atomic E-state index is 9.47. The SMILES string of the molecule is CC(O)C(C)Sc1nc(N)cn2ccnc12. The Morgan fingerprint density at radius 2 is 2.25 bits per heavy atom. The third-order valence-electron chi connectivity index (χ3n) is 2.34. The number of fused-ring (bicyclic) bond motifs is 1. The molecule has 0 amide bonds. The molecule has 2 rings (SSSR count). The van der Waals surface area contributed by atoms with Crippen molar-refractivity contribution < 1.29 is 5.11 Å². The van der Waals surface area contributed by atoms with Crippen LogP contribution in [0.15, 0.2) is 23.6 Å². The molecule has 5 nitrogen and oxygen atoms in total. The number of aromatic nitrogens is 3. The first-order valence-electron chi connectivity index (χ1n) is 5.02. The van der Waals surface area contributed by atoms with Crippen molar-refractivity contribution in [2.75, 3.05) is 5.73 Å². The van der Waals surface area contributed by atoms with Gasteiger partial charge in [-0.3, -0.25) is 0 Å². The summed E-state index contributed by atoms with van der Waals surface area (Å²) in [5.74, 6) is 0.450. The van der Waals surface area contributed by atoms with Gasteiger partial charge in [-0.25, -0.2) is 9.97 Å². The largest absolute Gasteiger partial charge is 0.392 e. The Morgan fingerprint density at radius 1 is 1.50 bits per heavy atom. The smallest absolute Gasteiger partial charge is 0.169 e. The van der Waals surface area contributed by atoms with Crippen molar-refractivity contribution >= 4 is 23.2 Å². The average Bonchev–Trinajstić information content (AvgIpc) is 2.65. The molecular formula is C10H14N4OS. The van der Waals surface area contributed by atoms with Gasteiger partial charge >= 0.3 is 0 Å². The molecule has 0 fully saturated rings. The summed E-state index contributed by atoms with van der Waals surface area (Å²) in [6.45, 7) is 3.70. The van der Waals surface area contributed by atoms with Crippen molar-refractivity contribution in [2.45, 2.75) is 30.2 Å². The predicted molar refractivity (Wildman–Crippen MR) is 64.4 cm³/mol. The number of hydrogen-bond donors (Lipinski definition) is 2. The molecule has 2 heterocycles. The highest BCUT2D eigenvalue weighted by molar-refractivity contribution is 8.00. The molecule has 0 aromatic carbocycles. The molecule has 0 spiro atoms. The minimum absolute atomic E-state index is 0.0507. The van der Waals surface area contributed by atoms with Crippen molar-refractivity contribution in [3.05, 3.63) is 18.6 Å². The molecule has 3 N–H and O–H groups in total. The Labute approximate surface area is 97.7 Å². The molecule has 86 valence electrons. The van der Waals surface area contributed by atoms with Crippen LogP contribution in [0.4, 0.5) is 5.82 Å². The van der Waals surface area contributed by atoms with Crippen LogP contribution in [0.1, 0.15) is 13.8 Å². The fourth-order valence-corrected chi connectivity index (χ4v) is 2.25. The van der Waals surface area contributed by atoms with E-state index in [0.29, 0.717) is 5.82 Å². The maximum Gasteiger partial charge on any atom is 0.169 e. The Hall–Kier alpha value is -1.27. The van der Waals surface area contributed by atoms with Gasteiger partial charge in [0.1, 0.15) is 10.8 Å². The lowest BCUT2D eigenvalue weighted by Gasteiger charge is -2.13. The highest BCUT2D eigenvalue weighted by Crippen LogP contribution is 2.27. The minimum Gasteiger partial charge on any atom is -0.392 e. The van der Waals surface area contributed by atoms with Gasteiger partial charge in [-0.1, -0.05) is 18.7 Å². The fourth-order valence-electron chi connectivity index (χ4n) is 1.28. The Morgan fingerprint density at radius 3 is 2.94 bits per heavy atom. The monoisotopic (exact) mass is 238 g/mol. The van der Waals surface area contributed by atoms with Crippen LogP contribution < -0.4 is 5.73 Å². The first-order chi connectivity index (χ1) is 7.58. The average molecular weight is 238 g/mol. The van der Waals surface area contributed by atoms with E-state index in [4.69, 9.17) is 5.73 Å². The van der Waals surface area contributed by atoms with Gasteiger partial charge in [-0.05, 0) is 6.92 Å². The lowest BCUT2D eigenvalue weighted by molar-refractivity contribution is 0.196. The molecule has 2 aromatic heterocycles. The van der Waals surface area contributed by atoms with Crippen molar-refractivity contribution in [3.63, 3.8) is 0 Å². The van der Waals surface area contributed by atoms with E-state index in [1.54, 1.807) is 19.3 Å². The highest BCUT2D eigenvalue weighted by atomic mass is 32.2. The number of aliphatic hydroxyl groups excluding tert-OH is 1. The van der Waals surface area contributed by atoms with Crippen LogP contribution in [0.3, 0.4) is 0 Å². The third-order valence-corrected chi connectivity index (χ3v) is 3.60. The molecule has 6 heteroatoms. The first kappa shape index (κ1) is 11.2. The summed E-state index contributed by atoms with van der Waals surface area (Å²) in [5, 5.41) is 10.3. The van der Waals surface area contributed by atoms with E-state index in [1.165, 1.54) is 11.8 Å². The quantitative estimate of drug-likeness (QED) is 0.785. The number of hydrogen-bond acceptors (Lipinski definition) is 5. The topological polar surface area (TPSA) is 76.4 Å². The van der Waals surface area contributed by atoms with Crippen LogP contribution in [-0.4, -0.2) is 30.8 Å². The van der Waals surface area contributed by atoms with Crippen molar-refractivity contribution in [2.24, 2.45) is 0 Å². The van der Waals surface area contributed by atoms with Crippen LogP contribution in [0.5, 0.6) is 0 Å². The van der Waals surface area contributed by atoms with Crippen LogP contribution in [0.25, 0.3) is 5.65 Å². The summed E-state index contributed by atoms with van der Waals surface area (Å²) in [6, 6.07) is 0. The minimum atomic E-state index is -0.400. The molecule has 0 aliphatic heterocycles. The molecule has 2 unspecified atom stereocenters. The zero-order chi connectivity index (χ0) is 11.7. The number of anilines is 1. The molecule has 0 aliphatic rings. The summed E-state index contributed by atoms with van der Waals surface area (Å²) >= 11 is 1.48. The Balaban J connectivity index is 2.39. The van der Waals surface area contributed by atoms with Crippen molar-refractivity contribution in [1.82, 2.24) is 14.4 Å². The van der Waals surface area contributed by atoms with E-state index in [9.17, 15) is 5.11 Å². The number of nitrogens with zero attached hydrogens (tertiary/aromatic N) is 3. The second kappa shape index (κ2) is 4.31. The predicted octanol–water partition coefficient (Wildman–Crippen LogP) is 1.17. The van der Waals surface area contributed by atoms with Crippen molar-refractivity contribution in [3.8, 4) is 0 Å². The molecule has 0 radical (unpaired) electrons. The summed E-state index contributed by atoms with van der Waals surface area (Å²) in [5.41, 5.74) is 6.47. The maximum absolute atomic E-state index is 9.47. The molecule has 0 bridgehead atoms. The van der Waals surface area contributed by atoms with Gasteiger partial charge in [0.05, 0.1) is 12.3 Å². The van der Waals surface area contributed by atoms with Gasteiger partial charge in [0.2, 0.25) is 0 Å². The lowest BCUT2D eigenvalue weighted by atomic mass is 10.3. The van der Waals surface area contributed by atoms with E-state index >= 15 is 0 Å². The van der Waals surface area contributed by atoms with Gasteiger partial charge in [0.25, 0.3) is 0 Å². The molecular weight excluding hydrogens is 224 g/mol. The standard InChI is InChI=1S/C10H14N4OS/c1-6(15)7(2)16-10-9-12-3-4-14(9)5-8(11)13-10/h3-7,15H,11H2,1-2H3. The number of rotatable bonds is 3. The van der Waals surface area contributed by atoms with E-state index < -0.39 is 6.10 Å². The Kier molecular flexibility index (Phi) is 3.02. The summed E-state index contributed by atoms with van der Waals surface area (Å²) in [6.07, 6.45) is 4.85. The van der Waals surface area contributed by atoms with Gasteiger partial charge in [-0.2, -0.15) is 0 Å². The van der Waals surface area contributed by atoms with E-state index in [0.717, 1.165) is 10.7 Å². The second-order valence-corrected chi connectivity index (χ2v) is 5.06. The molecule has 0 saturated heterocycles. The van der Waals surface area contributed by atoms with Crippen LogP contribution in [0.2, 0.25) is 0 Å². The number of nitrogens with two attached hydrogens (primary N) is 1. The zero-order valence-electron chi connectivity index (χ0n) is 9.16. The van der Waals surface area contributed by atoms with Gasteiger partial charge in [0, 0.05) is 17.6 Å². The van der Waals surface area contributed by atoms with Gasteiger partial charge in [0.15, 0.2) is 5.65 Å². The van der Waals surface area contributed by atoms with Crippen LogP contribution in [0, 0.1) is 0 Å². The molecule has 2 atom stereocenters. The third kappa shape index (κ3) is 2.12. The van der Waals surface area contributed by atoms with Crippen LogP contribution in [-0.2, 0) is 0 Å². The molecule has 0 saturated carbocycles. The summed E-state index contributed by atoms with van der Waals surface area (Å²) < 4.78 is 1.83. The van der Waals surface area contributed by atoms with Crippen molar-refractivity contribution in [1.29, 1.82) is 0 Å². The summed E-state index contributed by atoms with van der Waals surface area (Å²) in [7, 11) is 0. The highest BCUT2D eigenvalue weighted by Gasteiger charge is 2.15. The summed E-state index contributed by atoms with van der Waals surface area (Å²) in [4.78, 5) is 8.46. The molecule has 2 aromatic rings. The normalized spacial score (nSPS) is 15.2. The number of thioether (sulfide) groups is 1. The van der Waals surface area contributed by atoms with Gasteiger partial charge in [-0.15, -0.1) is 0 Å². The first-order valence-corrected chi connectivity index (χ1v) is 5.90. The molecule has 0 aliphatic carbocycles. The van der Waals surface area contributed by atoms with E-state index in [-0.39, 0.29) is 5.25 Å². The second-order valence-electron chi connectivity index (χ2n) is 3.69. The van der Waals surface area contributed by atoms with E-state index in [2.05, 4.69) is 9.97 Å². The number of imidazole rings is 1. The van der Waals surface area contributed by atoms with Crippen LogP contribution >= 0.6 is 11.8 Å². The fraction of sp³-hybridized carbons (Fsp3) is 0.400.